The monoisotopic (exact) mass is 332 g/mol. The third kappa shape index (κ3) is 2.97. The molecule has 1 heteroatoms. The Kier molecular flexibility index (Phi) is 4.42. The maximum absolute atomic E-state index is 2.63. The zero-order valence-electron chi connectivity index (χ0n) is 12.3. The molecular weight excluding hydrogens is 307 g/mol. The summed E-state index contributed by atoms with van der Waals surface area (Å²) in [6.45, 7) is 2.29. The first-order chi connectivity index (χ1) is 9.35. The van der Waals surface area contributed by atoms with Crippen molar-refractivity contribution in [1.29, 1.82) is 0 Å². The molecular formula is C18H26Zr. The van der Waals surface area contributed by atoms with Crippen LogP contribution in [0, 0.1) is 0 Å². The predicted octanol–water partition coefficient (Wildman–Crippen LogP) is 6.02. The third-order valence-corrected chi connectivity index (χ3v) is 16.5. The first-order valence-corrected chi connectivity index (χ1v) is 14.0. The Morgan fingerprint density at radius 2 is 1.95 bits per heavy atom. The summed E-state index contributed by atoms with van der Waals surface area (Å²) in [5.74, 6) is 0. The van der Waals surface area contributed by atoms with Crippen LogP contribution in [0.3, 0.4) is 0 Å². The second kappa shape index (κ2) is 6.08. The van der Waals surface area contributed by atoms with Crippen LogP contribution in [0.5, 0.6) is 0 Å². The quantitative estimate of drug-likeness (QED) is 0.500. The van der Waals surface area contributed by atoms with Crippen LogP contribution in [-0.4, -0.2) is 0 Å². The van der Waals surface area contributed by atoms with Gasteiger partial charge in [-0.2, -0.15) is 0 Å². The second-order valence-electron chi connectivity index (χ2n) is 6.37. The van der Waals surface area contributed by atoms with E-state index < -0.39 is 20.3 Å². The van der Waals surface area contributed by atoms with E-state index in [1.807, 2.05) is 6.56 Å². The summed E-state index contributed by atoms with van der Waals surface area (Å²) in [5, 5.41) is 0. The van der Waals surface area contributed by atoms with E-state index in [0.717, 1.165) is 0 Å². The van der Waals surface area contributed by atoms with Crippen molar-refractivity contribution in [3.63, 3.8) is 0 Å². The Hall–Kier alpha value is -0.157. The molecule has 0 unspecified atom stereocenters. The first-order valence-electron chi connectivity index (χ1n) is 8.11. The summed E-state index contributed by atoms with van der Waals surface area (Å²) in [6.07, 6.45) is 21.8. The van der Waals surface area contributed by atoms with E-state index in [1.54, 1.807) is 13.8 Å². The van der Waals surface area contributed by atoms with Crippen LogP contribution in [0.1, 0.15) is 51.9 Å². The van der Waals surface area contributed by atoms with Crippen molar-refractivity contribution in [3.8, 4) is 0 Å². The zero-order chi connectivity index (χ0) is 13.1. The fourth-order valence-electron chi connectivity index (χ4n) is 3.62. The van der Waals surface area contributed by atoms with Crippen molar-refractivity contribution in [2.75, 3.05) is 0 Å². The molecule has 0 amide bonds. The van der Waals surface area contributed by atoms with Crippen LogP contribution in [0.15, 0.2) is 42.5 Å². The molecule has 0 nitrogen and oxygen atoms in total. The second-order valence-corrected chi connectivity index (χ2v) is 17.3. The van der Waals surface area contributed by atoms with E-state index in [2.05, 4.69) is 37.3 Å². The standard InChI is InChI=1S/C11H17.C5H5.C2H4.Zr/c1-2-3-4-5-8-11-9-6-7-10-11;1-2-4-5-3-1;1-2;/h9-10H,2-6,8H2,1H3;1-3H,4H2;1-2H2;. The molecule has 2 aliphatic carbocycles. The average molecular weight is 334 g/mol. The summed E-state index contributed by atoms with van der Waals surface area (Å²) in [4.78, 5) is 0. The third-order valence-electron chi connectivity index (χ3n) is 5.01. The van der Waals surface area contributed by atoms with E-state index in [9.17, 15) is 0 Å². The Morgan fingerprint density at radius 3 is 2.63 bits per heavy atom. The molecule has 0 atom stereocenters. The molecule has 3 aliphatic rings. The molecule has 3 rings (SSSR count). The number of allylic oxidation sites excluding steroid dienone is 8. The van der Waals surface area contributed by atoms with Gasteiger partial charge in [-0.05, 0) is 0 Å². The molecule has 0 radical (unpaired) electrons. The zero-order valence-corrected chi connectivity index (χ0v) is 14.7. The van der Waals surface area contributed by atoms with Crippen molar-refractivity contribution >= 4 is 0 Å². The topological polar surface area (TPSA) is 0 Å². The van der Waals surface area contributed by atoms with Gasteiger partial charge in [0.25, 0.3) is 0 Å². The summed E-state index contributed by atoms with van der Waals surface area (Å²) in [5.41, 5.74) is 1.67. The fraction of sp³-hybridized carbons (Fsp3) is 0.556. The van der Waals surface area contributed by atoms with Crippen molar-refractivity contribution in [1.82, 2.24) is 0 Å². The average Bonchev–Trinajstić information content (AvgIpc) is 2.89. The SMILES string of the molecule is CCCCCCC1=CC[C]([Zr]2([C]3=CC=CC3)[CH2][CH2]2)=C1. The summed E-state index contributed by atoms with van der Waals surface area (Å²) in [7, 11) is 0. The fourth-order valence-corrected chi connectivity index (χ4v) is 16.7. The molecule has 0 N–H and O–H groups in total. The van der Waals surface area contributed by atoms with Crippen molar-refractivity contribution in [2.45, 2.75) is 60.1 Å². The number of hydrogen-bond acceptors (Lipinski definition) is 0. The molecule has 1 heterocycles. The number of hydrogen-bond donors (Lipinski definition) is 0. The number of rotatable bonds is 7. The van der Waals surface area contributed by atoms with Crippen LogP contribution >= 0.6 is 0 Å². The van der Waals surface area contributed by atoms with Crippen LogP contribution in [-0.2, 0) is 20.3 Å². The summed E-state index contributed by atoms with van der Waals surface area (Å²) >= 11 is -1.88. The van der Waals surface area contributed by atoms with Gasteiger partial charge in [-0.25, -0.2) is 0 Å². The molecule has 102 valence electrons. The molecule has 1 aliphatic heterocycles. The van der Waals surface area contributed by atoms with Crippen LogP contribution in [0.2, 0.25) is 8.26 Å². The Morgan fingerprint density at radius 1 is 1.05 bits per heavy atom. The van der Waals surface area contributed by atoms with Gasteiger partial charge >= 0.3 is 123 Å². The van der Waals surface area contributed by atoms with Gasteiger partial charge in [0, 0.05) is 0 Å². The van der Waals surface area contributed by atoms with Gasteiger partial charge in [0.2, 0.25) is 0 Å². The van der Waals surface area contributed by atoms with E-state index in [0.29, 0.717) is 0 Å². The van der Waals surface area contributed by atoms with E-state index in [-0.39, 0.29) is 0 Å². The molecule has 0 saturated carbocycles. The Balaban J connectivity index is 1.56. The van der Waals surface area contributed by atoms with Gasteiger partial charge in [0.15, 0.2) is 0 Å². The molecule has 0 spiro atoms. The van der Waals surface area contributed by atoms with Crippen molar-refractivity contribution < 1.29 is 20.3 Å². The summed E-state index contributed by atoms with van der Waals surface area (Å²) < 4.78 is 7.02. The molecule has 1 saturated heterocycles. The van der Waals surface area contributed by atoms with Gasteiger partial charge in [-0.15, -0.1) is 0 Å². The molecule has 0 aromatic carbocycles. The van der Waals surface area contributed by atoms with E-state index in [1.165, 1.54) is 44.9 Å². The van der Waals surface area contributed by atoms with E-state index >= 15 is 0 Å². The van der Waals surface area contributed by atoms with Crippen LogP contribution < -0.4 is 0 Å². The summed E-state index contributed by atoms with van der Waals surface area (Å²) in [6, 6.07) is 0. The maximum atomic E-state index is 2.63. The molecule has 0 aromatic heterocycles. The van der Waals surface area contributed by atoms with Gasteiger partial charge < -0.3 is 0 Å². The van der Waals surface area contributed by atoms with Crippen molar-refractivity contribution in [3.05, 3.63) is 42.5 Å². The minimum atomic E-state index is -1.88. The predicted molar refractivity (Wildman–Crippen MR) is 81.0 cm³/mol. The van der Waals surface area contributed by atoms with Crippen LogP contribution in [0.4, 0.5) is 0 Å². The first kappa shape index (κ1) is 13.8. The van der Waals surface area contributed by atoms with Crippen LogP contribution in [0.25, 0.3) is 0 Å². The van der Waals surface area contributed by atoms with E-state index in [4.69, 9.17) is 0 Å². The minimum absolute atomic E-state index is 1.29. The molecule has 0 bridgehead atoms. The number of unbranched alkanes of at least 4 members (excludes halogenated alkanes) is 3. The van der Waals surface area contributed by atoms with Gasteiger partial charge in [0.05, 0.1) is 0 Å². The Labute approximate surface area is 122 Å². The van der Waals surface area contributed by atoms with Crippen molar-refractivity contribution in [2.24, 2.45) is 0 Å². The molecule has 0 aromatic rings. The van der Waals surface area contributed by atoms with Gasteiger partial charge in [0.1, 0.15) is 0 Å². The van der Waals surface area contributed by atoms with Gasteiger partial charge in [-0.1, -0.05) is 0 Å². The Bertz CT molecular complexity index is 458. The normalized spacial score (nSPS) is 23.3. The molecule has 19 heavy (non-hydrogen) atoms. The molecule has 1 fully saturated rings. The van der Waals surface area contributed by atoms with Gasteiger partial charge in [-0.3, -0.25) is 0 Å².